The molecule has 3 amide bonds. The van der Waals surface area contributed by atoms with Gasteiger partial charge in [-0.1, -0.05) is 11.2 Å². The number of rotatable bonds is 9. The van der Waals surface area contributed by atoms with Crippen molar-refractivity contribution in [2.45, 2.75) is 18.0 Å². The first-order chi connectivity index (χ1) is 16.5. The molecule has 176 valence electrons. The van der Waals surface area contributed by atoms with E-state index in [4.69, 9.17) is 9.57 Å². The Balaban J connectivity index is 1.41. The fourth-order valence-corrected chi connectivity index (χ4v) is 5.08. The molecule has 1 unspecified atom stereocenters. The molecule has 0 aliphatic carbocycles. The third-order valence-electron chi connectivity index (χ3n) is 4.75. The van der Waals surface area contributed by atoms with Crippen LogP contribution in [0.5, 0.6) is 0 Å². The van der Waals surface area contributed by atoms with Gasteiger partial charge >= 0.3 is 5.97 Å². The van der Waals surface area contributed by atoms with E-state index in [1.165, 1.54) is 29.2 Å². The summed E-state index contributed by atoms with van der Waals surface area (Å²) in [5, 5.41) is 10.0. The van der Waals surface area contributed by atoms with Crippen LogP contribution in [0.3, 0.4) is 0 Å². The van der Waals surface area contributed by atoms with Crippen molar-refractivity contribution in [2.24, 2.45) is 5.16 Å². The first-order valence-corrected chi connectivity index (χ1v) is 11.8. The number of carbonyl (C=O) groups excluding carboxylic acids is 4. The number of aromatic nitrogens is 2. The number of anilines is 1. The van der Waals surface area contributed by atoms with Gasteiger partial charge in [0.1, 0.15) is 36.5 Å². The summed E-state index contributed by atoms with van der Waals surface area (Å²) in [5.41, 5.74) is 0.726. The maximum atomic E-state index is 12.9. The molecule has 4 heterocycles. The quantitative estimate of drug-likeness (QED) is 0.164. The Kier molecular flexibility index (Phi) is 7.18. The van der Waals surface area contributed by atoms with E-state index in [-0.39, 0.29) is 28.8 Å². The van der Waals surface area contributed by atoms with Gasteiger partial charge in [0.25, 0.3) is 11.8 Å². The summed E-state index contributed by atoms with van der Waals surface area (Å²) in [6, 6.07) is 4.38. The molecule has 0 bridgehead atoms. The highest BCUT2D eigenvalue weighted by Crippen LogP contribution is 2.38. The van der Waals surface area contributed by atoms with Gasteiger partial charge in [-0.05, 0) is 18.2 Å². The molecule has 1 fully saturated rings. The Morgan fingerprint density at radius 3 is 2.97 bits per heavy atom. The van der Waals surface area contributed by atoms with Crippen molar-refractivity contribution in [3.63, 3.8) is 0 Å². The van der Waals surface area contributed by atoms with E-state index in [2.05, 4.69) is 25.8 Å². The normalized spacial score (nSPS) is 19.3. The lowest BCUT2D eigenvalue weighted by Gasteiger charge is -2.48. The van der Waals surface area contributed by atoms with Crippen LogP contribution in [0, 0.1) is 0 Å². The second-order valence-electron chi connectivity index (χ2n) is 6.79. The van der Waals surface area contributed by atoms with Crippen LogP contribution in [-0.4, -0.2) is 69.1 Å². The molecule has 4 rings (SSSR count). The molecule has 2 aromatic heterocycles. The number of ether oxygens (including phenoxy) is 1. The van der Waals surface area contributed by atoms with Crippen molar-refractivity contribution in [1.29, 1.82) is 0 Å². The molecule has 2 atom stereocenters. The lowest BCUT2D eigenvalue weighted by molar-refractivity contribution is -0.153. The van der Waals surface area contributed by atoms with E-state index in [1.54, 1.807) is 30.5 Å². The number of β-lactam (4-membered cyclic amide) rings is 1. The summed E-state index contributed by atoms with van der Waals surface area (Å²) in [5.74, 6) is -1.32. The average molecular weight is 503 g/mol. The zero-order valence-corrected chi connectivity index (χ0v) is 19.3. The number of thiazole rings is 1. The van der Waals surface area contributed by atoms with Crippen LogP contribution >= 0.6 is 23.1 Å². The van der Waals surface area contributed by atoms with Crippen LogP contribution in [0.1, 0.15) is 11.4 Å². The zero-order valence-electron chi connectivity index (χ0n) is 17.7. The van der Waals surface area contributed by atoms with Gasteiger partial charge in [0.15, 0.2) is 10.8 Å². The second-order valence-corrected chi connectivity index (χ2v) is 8.80. The van der Waals surface area contributed by atoms with Crippen molar-refractivity contribution < 1.29 is 28.8 Å². The number of fused-ring (bicyclic) bond motifs is 1. The van der Waals surface area contributed by atoms with Gasteiger partial charge < -0.3 is 20.2 Å². The molecule has 2 aliphatic heterocycles. The molecule has 12 nitrogen and oxygen atoms in total. The summed E-state index contributed by atoms with van der Waals surface area (Å²) >= 11 is 2.49. The Hall–Kier alpha value is -3.78. The summed E-state index contributed by atoms with van der Waals surface area (Å²) in [6.45, 7) is -0.0253. The second kappa shape index (κ2) is 10.4. The standard InChI is InChI=1S/C20H18N6O6S2/c1-31-25-14(12-9-34-20(23-12)22-10-27)16(28)24-15-17(29)26-13(5-7-33-18(15)26)19(30)32-8-11-4-2-3-6-21-11/h2-6,9-10,15,18H,7-8H2,1H3,(H,24,28)(H,22,23,27)/t15?,18-/m1/s1. The highest BCUT2D eigenvalue weighted by atomic mass is 32.2. The minimum Gasteiger partial charge on any atom is -0.455 e. The number of carbonyl (C=O) groups is 4. The van der Waals surface area contributed by atoms with E-state index in [1.807, 2.05) is 0 Å². The molecular formula is C20H18N6O6S2. The SMILES string of the molecule is CON=C(C(=O)NC1C(=O)N2C(C(=O)OCc3ccccn3)=CCS[C@H]12)c1csc(NC=O)n1. The molecule has 0 aromatic carbocycles. The summed E-state index contributed by atoms with van der Waals surface area (Å²) in [4.78, 5) is 63.1. The van der Waals surface area contributed by atoms with Gasteiger partial charge in [-0.2, -0.15) is 0 Å². The zero-order chi connectivity index (χ0) is 24.1. The Bertz CT molecular complexity index is 1170. The Morgan fingerprint density at radius 2 is 2.24 bits per heavy atom. The molecular weight excluding hydrogens is 484 g/mol. The number of nitrogens with zero attached hydrogens (tertiary/aromatic N) is 4. The van der Waals surface area contributed by atoms with Crippen LogP contribution in [-0.2, 0) is 35.4 Å². The summed E-state index contributed by atoms with van der Waals surface area (Å²) < 4.78 is 5.30. The minimum absolute atomic E-state index is 0.0253. The lowest BCUT2D eigenvalue weighted by atomic mass is 10.0. The van der Waals surface area contributed by atoms with Gasteiger partial charge in [0.05, 0.1) is 5.69 Å². The van der Waals surface area contributed by atoms with E-state index in [0.29, 0.717) is 17.9 Å². The number of nitrogens with one attached hydrogen (secondary N) is 2. The van der Waals surface area contributed by atoms with Crippen LogP contribution in [0.25, 0.3) is 0 Å². The number of esters is 1. The molecule has 14 heteroatoms. The Morgan fingerprint density at radius 1 is 1.38 bits per heavy atom. The molecule has 1 saturated heterocycles. The maximum Gasteiger partial charge on any atom is 0.355 e. The highest BCUT2D eigenvalue weighted by Gasteiger charge is 2.53. The van der Waals surface area contributed by atoms with Gasteiger partial charge in [-0.15, -0.1) is 23.1 Å². The van der Waals surface area contributed by atoms with Crippen molar-refractivity contribution >= 4 is 58.1 Å². The molecule has 0 saturated carbocycles. The van der Waals surface area contributed by atoms with Crippen molar-refractivity contribution in [2.75, 3.05) is 18.2 Å². The smallest absolute Gasteiger partial charge is 0.355 e. The lowest BCUT2D eigenvalue weighted by Crippen LogP contribution is -2.70. The number of pyridine rings is 1. The van der Waals surface area contributed by atoms with Crippen molar-refractivity contribution in [1.82, 2.24) is 20.2 Å². The monoisotopic (exact) mass is 502 g/mol. The third kappa shape index (κ3) is 4.77. The van der Waals surface area contributed by atoms with Crippen molar-refractivity contribution in [3.05, 3.63) is 52.9 Å². The predicted octanol–water partition coefficient (Wildman–Crippen LogP) is 0.484. The van der Waals surface area contributed by atoms with E-state index >= 15 is 0 Å². The third-order valence-corrected chi connectivity index (χ3v) is 6.70. The molecule has 2 aliphatic rings. The van der Waals surface area contributed by atoms with Gasteiger partial charge in [0, 0.05) is 17.3 Å². The van der Waals surface area contributed by atoms with Gasteiger partial charge in [-0.25, -0.2) is 9.78 Å². The minimum atomic E-state index is -0.877. The molecule has 2 aromatic rings. The number of hydrogen-bond donors (Lipinski definition) is 2. The number of oxime groups is 1. The topological polar surface area (TPSA) is 152 Å². The molecule has 0 radical (unpaired) electrons. The number of thioether (sulfide) groups is 1. The first kappa shape index (κ1) is 23.4. The van der Waals surface area contributed by atoms with Crippen LogP contribution < -0.4 is 10.6 Å². The van der Waals surface area contributed by atoms with Crippen molar-refractivity contribution in [3.8, 4) is 0 Å². The number of hydrogen-bond acceptors (Lipinski definition) is 11. The van der Waals surface area contributed by atoms with Crippen LogP contribution in [0.15, 0.2) is 46.7 Å². The summed E-state index contributed by atoms with van der Waals surface area (Å²) in [6.07, 6.45) is 3.67. The molecule has 2 N–H and O–H groups in total. The van der Waals surface area contributed by atoms with E-state index in [9.17, 15) is 19.2 Å². The van der Waals surface area contributed by atoms with Crippen LogP contribution in [0.4, 0.5) is 5.13 Å². The van der Waals surface area contributed by atoms with E-state index < -0.39 is 29.2 Å². The fourth-order valence-electron chi connectivity index (χ4n) is 3.23. The first-order valence-electron chi connectivity index (χ1n) is 9.83. The Labute approximate surface area is 201 Å². The maximum absolute atomic E-state index is 12.9. The molecule has 0 spiro atoms. The molecule has 34 heavy (non-hydrogen) atoms. The highest BCUT2D eigenvalue weighted by molar-refractivity contribution is 8.00. The van der Waals surface area contributed by atoms with Gasteiger partial charge in [-0.3, -0.25) is 24.3 Å². The summed E-state index contributed by atoms with van der Waals surface area (Å²) in [7, 11) is 1.27. The van der Waals surface area contributed by atoms with E-state index in [0.717, 1.165) is 11.3 Å². The largest absolute Gasteiger partial charge is 0.455 e. The fraction of sp³-hybridized carbons (Fsp3) is 0.250. The van der Waals surface area contributed by atoms with Crippen LogP contribution in [0.2, 0.25) is 0 Å². The predicted molar refractivity (Wildman–Crippen MR) is 122 cm³/mol. The van der Waals surface area contributed by atoms with Gasteiger partial charge in [0.2, 0.25) is 6.41 Å². The number of amides is 3. The average Bonchev–Trinajstić information content (AvgIpc) is 3.32.